The van der Waals surface area contributed by atoms with Crippen LogP contribution in [0.2, 0.25) is 0 Å². The summed E-state index contributed by atoms with van der Waals surface area (Å²) >= 11 is 1.54. The number of nitrogens with zero attached hydrogens (tertiary/aromatic N) is 2. The van der Waals surface area contributed by atoms with Gasteiger partial charge < -0.3 is 5.32 Å². The molecule has 2 heterocycles. The molecule has 0 saturated carbocycles. The Hall–Kier alpha value is -1.47. The largest absolute Gasteiger partial charge is 0.360 e. The topological polar surface area (TPSA) is 72.0 Å². The van der Waals surface area contributed by atoms with Gasteiger partial charge in [0.05, 0.1) is 6.04 Å². The van der Waals surface area contributed by atoms with E-state index in [0.717, 1.165) is 11.4 Å². The lowest BCUT2D eigenvalue weighted by Crippen LogP contribution is -2.13. The molecule has 0 aliphatic heterocycles. The van der Waals surface area contributed by atoms with Gasteiger partial charge in [-0.25, -0.2) is 18.4 Å². The molecule has 7 heteroatoms. The second-order valence-electron chi connectivity index (χ2n) is 4.10. The van der Waals surface area contributed by atoms with Crippen molar-refractivity contribution in [3.05, 3.63) is 34.9 Å². The van der Waals surface area contributed by atoms with E-state index < -0.39 is 9.84 Å². The number of hydrogen-bond donors (Lipinski definition) is 1. The van der Waals surface area contributed by atoms with Crippen molar-refractivity contribution in [2.45, 2.75) is 24.3 Å². The molecule has 0 radical (unpaired) electrons. The molecule has 19 heavy (non-hydrogen) atoms. The third-order valence-corrected chi connectivity index (χ3v) is 4.66. The van der Waals surface area contributed by atoms with Gasteiger partial charge in [-0.1, -0.05) is 6.92 Å². The van der Waals surface area contributed by atoms with E-state index in [1.165, 1.54) is 17.6 Å². The Balaban J connectivity index is 2.33. The van der Waals surface area contributed by atoms with Crippen LogP contribution in [0.1, 0.15) is 24.4 Å². The molecule has 2 rings (SSSR count). The standard InChI is InChI=1S/C12H15N3O2S2/c1-3-9(12-14-7-8-18-12)15-11-10(19(2,16)17)5-4-6-13-11/h4-9H,3H2,1-2H3,(H,13,15). The monoisotopic (exact) mass is 297 g/mol. The van der Waals surface area contributed by atoms with Gasteiger partial charge in [-0.15, -0.1) is 11.3 Å². The molecule has 0 aliphatic rings. The Morgan fingerprint density at radius 1 is 1.37 bits per heavy atom. The van der Waals surface area contributed by atoms with Crippen molar-refractivity contribution in [2.75, 3.05) is 11.6 Å². The fourth-order valence-corrected chi connectivity index (χ4v) is 3.27. The highest BCUT2D eigenvalue weighted by Crippen LogP contribution is 2.26. The van der Waals surface area contributed by atoms with Crippen LogP contribution < -0.4 is 5.32 Å². The summed E-state index contributed by atoms with van der Waals surface area (Å²) in [5, 5.41) is 5.99. The number of pyridine rings is 1. The van der Waals surface area contributed by atoms with E-state index in [2.05, 4.69) is 15.3 Å². The third-order valence-electron chi connectivity index (χ3n) is 2.64. The Kier molecular flexibility index (Phi) is 4.16. The zero-order chi connectivity index (χ0) is 13.9. The van der Waals surface area contributed by atoms with Crippen molar-refractivity contribution >= 4 is 27.0 Å². The van der Waals surface area contributed by atoms with Gasteiger partial charge in [0.1, 0.15) is 15.7 Å². The summed E-state index contributed by atoms with van der Waals surface area (Å²) in [5.41, 5.74) is 0. The first kappa shape index (κ1) is 14.0. The number of sulfone groups is 1. The fraction of sp³-hybridized carbons (Fsp3) is 0.333. The van der Waals surface area contributed by atoms with Crippen LogP contribution in [-0.2, 0) is 9.84 Å². The molecule has 2 aromatic heterocycles. The molecule has 0 aromatic carbocycles. The van der Waals surface area contributed by atoms with E-state index in [0.29, 0.717) is 5.82 Å². The zero-order valence-electron chi connectivity index (χ0n) is 10.7. The molecule has 0 bridgehead atoms. The summed E-state index contributed by atoms with van der Waals surface area (Å²) < 4.78 is 23.4. The van der Waals surface area contributed by atoms with Gasteiger partial charge in [0.15, 0.2) is 9.84 Å². The normalized spacial score (nSPS) is 13.2. The highest BCUT2D eigenvalue weighted by Gasteiger charge is 2.18. The molecule has 1 N–H and O–H groups in total. The Bertz CT molecular complexity index is 639. The summed E-state index contributed by atoms with van der Waals surface area (Å²) in [6.07, 6.45) is 5.29. The number of nitrogens with one attached hydrogen (secondary N) is 1. The Labute approximate surface area is 116 Å². The van der Waals surface area contributed by atoms with Crippen LogP contribution in [0.4, 0.5) is 5.82 Å². The first-order valence-corrected chi connectivity index (χ1v) is 8.60. The molecule has 0 fully saturated rings. The molecule has 1 unspecified atom stereocenters. The molecular weight excluding hydrogens is 282 g/mol. The zero-order valence-corrected chi connectivity index (χ0v) is 12.3. The first-order valence-electron chi connectivity index (χ1n) is 5.83. The molecule has 2 aromatic rings. The highest BCUT2D eigenvalue weighted by molar-refractivity contribution is 7.90. The smallest absolute Gasteiger partial charge is 0.179 e. The predicted octanol–water partition coefficient (Wildman–Crippen LogP) is 2.50. The summed E-state index contributed by atoms with van der Waals surface area (Å²) in [6.45, 7) is 2.02. The van der Waals surface area contributed by atoms with Crippen LogP contribution in [0.25, 0.3) is 0 Å². The molecular formula is C12H15N3O2S2. The van der Waals surface area contributed by atoms with E-state index >= 15 is 0 Å². The Morgan fingerprint density at radius 3 is 2.74 bits per heavy atom. The van der Waals surface area contributed by atoms with Crippen molar-refractivity contribution in [1.82, 2.24) is 9.97 Å². The van der Waals surface area contributed by atoms with Crippen molar-refractivity contribution < 1.29 is 8.42 Å². The number of aromatic nitrogens is 2. The second-order valence-corrected chi connectivity index (χ2v) is 7.01. The highest BCUT2D eigenvalue weighted by atomic mass is 32.2. The quantitative estimate of drug-likeness (QED) is 0.918. The average molecular weight is 297 g/mol. The molecule has 0 amide bonds. The predicted molar refractivity (Wildman–Crippen MR) is 76.1 cm³/mol. The van der Waals surface area contributed by atoms with Crippen molar-refractivity contribution in [3.8, 4) is 0 Å². The van der Waals surface area contributed by atoms with Crippen LogP contribution >= 0.6 is 11.3 Å². The van der Waals surface area contributed by atoms with Gasteiger partial charge in [-0.05, 0) is 18.6 Å². The minimum Gasteiger partial charge on any atom is -0.360 e. The third kappa shape index (κ3) is 3.30. The average Bonchev–Trinajstić information content (AvgIpc) is 2.89. The summed E-state index contributed by atoms with van der Waals surface area (Å²) in [4.78, 5) is 8.60. The van der Waals surface area contributed by atoms with Crippen LogP contribution in [0.5, 0.6) is 0 Å². The number of hydrogen-bond acceptors (Lipinski definition) is 6. The number of thiazole rings is 1. The maximum atomic E-state index is 11.7. The lowest BCUT2D eigenvalue weighted by Gasteiger charge is -2.16. The van der Waals surface area contributed by atoms with E-state index in [4.69, 9.17) is 0 Å². The molecule has 0 saturated heterocycles. The van der Waals surface area contributed by atoms with E-state index in [-0.39, 0.29) is 10.9 Å². The van der Waals surface area contributed by atoms with Crippen LogP contribution in [0, 0.1) is 0 Å². The molecule has 102 valence electrons. The lowest BCUT2D eigenvalue weighted by molar-refractivity contribution is 0.601. The van der Waals surface area contributed by atoms with Gasteiger partial charge in [0.2, 0.25) is 0 Å². The van der Waals surface area contributed by atoms with E-state index in [9.17, 15) is 8.42 Å². The first-order chi connectivity index (χ1) is 9.02. The number of anilines is 1. The number of rotatable bonds is 5. The van der Waals surface area contributed by atoms with E-state index in [1.54, 1.807) is 24.5 Å². The SMILES string of the molecule is CCC(Nc1ncccc1S(C)(=O)=O)c1nccs1. The van der Waals surface area contributed by atoms with Gasteiger partial charge in [-0.3, -0.25) is 0 Å². The lowest BCUT2D eigenvalue weighted by atomic mass is 10.2. The minimum absolute atomic E-state index is 0.0320. The molecule has 0 aliphatic carbocycles. The van der Waals surface area contributed by atoms with Crippen LogP contribution in [0.15, 0.2) is 34.8 Å². The summed E-state index contributed by atoms with van der Waals surface area (Å²) in [7, 11) is -3.30. The van der Waals surface area contributed by atoms with Crippen molar-refractivity contribution in [3.63, 3.8) is 0 Å². The maximum absolute atomic E-state index is 11.7. The van der Waals surface area contributed by atoms with Gasteiger partial charge in [-0.2, -0.15) is 0 Å². The second kappa shape index (κ2) is 5.66. The Morgan fingerprint density at radius 2 is 2.16 bits per heavy atom. The summed E-state index contributed by atoms with van der Waals surface area (Å²) in [6, 6.07) is 3.14. The maximum Gasteiger partial charge on any atom is 0.179 e. The van der Waals surface area contributed by atoms with Gasteiger partial charge in [0, 0.05) is 24.0 Å². The molecule has 0 spiro atoms. The summed E-state index contributed by atoms with van der Waals surface area (Å²) in [5.74, 6) is 0.382. The van der Waals surface area contributed by atoms with Crippen LogP contribution in [0.3, 0.4) is 0 Å². The minimum atomic E-state index is -3.30. The van der Waals surface area contributed by atoms with Crippen molar-refractivity contribution in [2.24, 2.45) is 0 Å². The van der Waals surface area contributed by atoms with Crippen LogP contribution in [-0.4, -0.2) is 24.6 Å². The van der Waals surface area contributed by atoms with Gasteiger partial charge in [0.25, 0.3) is 0 Å². The fourth-order valence-electron chi connectivity index (χ4n) is 1.71. The van der Waals surface area contributed by atoms with E-state index in [1.807, 2.05) is 12.3 Å². The van der Waals surface area contributed by atoms with Gasteiger partial charge >= 0.3 is 0 Å². The molecule has 1 atom stereocenters. The van der Waals surface area contributed by atoms with Crippen molar-refractivity contribution in [1.29, 1.82) is 0 Å². The molecule has 5 nitrogen and oxygen atoms in total.